The molecule has 0 radical (unpaired) electrons. The first kappa shape index (κ1) is 22.3. The van der Waals surface area contributed by atoms with Gasteiger partial charge < -0.3 is 10.1 Å². The highest BCUT2D eigenvalue weighted by atomic mass is 32.2. The molecule has 1 aromatic carbocycles. The zero-order valence-electron chi connectivity index (χ0n) is 17.3. The van der Waals surface area contributed by atoms with Crippen LogP contribution in [0.2, 0.25) is 0 Å². The molecular formula is C22H19N3O4S3. The number of rotatable bonds is 7. The van der Waals surface area contributed by atoms with Crippen LogP contribution in [0.15, 0.2) is 46.7 Å². The van der Waals surface area contributed by atoms with Crippen molar-refractivity contribution in [3.8, 4) is 17.0 Å². The summed E-state index contributed by atoms with van der Waals surface area (Å²) in [4.78, 5) is 45.1. The Morgan fingerprint density at radius 3 is 2.69 bits per heavy atom. The summed E-state index contributed by atoms with van der Waals surface area (Å²) in [5.41, 5.74) is 1.72. The molecule has 2 aromatic heterocycles. The minimum Gasteiger partial charge on any atom is -0.497 e. The Kier molecular flexibility index (Phi) is 6.73. The topological polar surface area (TPSA) is 88.6 Å². The molecule has 7 nitrogen and oxygen atoms in total. The number of hydrogen-bond donors (Lipinski definition) is 1. The number of benzene rings is 1. The van der Waals surface area contributed by atoms with Gasteiger partial charge in [-0.05, 0) is 60.5 Å². The number of anilines is 1. The van der Waals surface area contributed by atoms with E-state index >= 15 is 0 Å². The molecule has 1 saturated heterocycles. The second-order valence-electron chi connectivity index (χ2n) is 6.80. The van der Waals surface area contributed by atoms with E-state index in [2.05, 4.69) is 10.3 Å². The van der Waals surface area contributed by atoms with Crippen LogP contribution in [0, 0.1) is 6.92 Å². The summed E-state index contributed by atoms with van der Waals surface area (Å²) in [5.74, 6) is 0.0853. The van der Waals surface area contributed by atoms with E-state index in [4.69, 9.17) is 4.74 Å². The van der Waals surface area contributed by atoms with Crippen molar-refractivity contribution in [1.82, 2.24) is 9.88 Å². The predicted octanol–water partition coefficient (Wildman–Crippen LogP) is 5.25. The number of carbonyl (C=O) groups is 3. The maximum absolute atomic E-state index is 12.5. The van der Waals surface area contributed by atoms with E-state index in [0.717, 1.165) is 43.4 Å². The Morgan fingerprint density at radius 1 is 1.22 bits per heavy atom. The fourth-order valence-electron chi connectivity index (χ4n) is 3.06. The molecule has 3 heterocycles. The Balaban J connectivity index is 1.36. The molecule has 0 saturated carbocycles. The van der Waals surface area contributed by atoms with Gasteiger partial charge in [-0.25, -0.2) is 4.98 Å². The van der Waals surface area contributed by atoms with Crippen molar-refractivity contribution in [2.45, 2.75) is 13.3 Å². The van der Waals surface area contributed by atoms with Gasteiger partial charge in [0.25, 0.3) is 11.1 Å². The third-order valence-electron chi connectivity index (χ3n) is 4.66. The summed E-state index contributed by atoms with van der Waals surface area (Å²) in [6, 6.07) is 11.3. The summed E-state index contributed by atoms with van der Waals surface area (Å²) < 4.78 is 5.18. The Hall–Kier alpha value is -2.95. The van der Waals surface area contributed by atoms with Crippen molar-refractivity contribution in [2.75, 3.05) is 19.0 Å². The Labute approximate surface area is 197 Å². The predicted molar refractivity (Wildman–Crippen MR) is 129 cm³/mol. The molecule has 0 unspecified atom stereocenters. The summed E-state index contributed by atoms with van der Waals surface area (Å²) in [6.07, 6.45) is 1.70. The molecule has 3 amide bonds. The highest BCUT2D eigenvalue weighted by molar-refractivity contribution is 8.18. The second kappa shape index (κ2) is 9.68. The fourth-order valence-corrected chi connectivity index (χ4v) is 5.50. The van der Waals surface area contributed by atoms with E-state index in [1.807, 2.05) is 48.7 Å². The zero-order valence-corrected chi connectivity index (χ0v) is 19.7. The van der Waals surface area contributed by atoms with E-state index in [0.29, 0.717) is 10.0 Å². The van der Waals surface area contributed by atoms with Gasteiger partial charge in [-0.1, -0.05) is 6.07 Å². The summed E-state index contributed by atoms with van der Waals surface area (Å²) >= 11 is 3.76. The number of nitrogens with zero attached hydrogens (tertiary/aromatic N) is 2. The zero-order chi connectivity index (χ0) is 22.7. The lowest BCUT2D eigenvalue weighted by molar-refractivity contribution is -0.123. The average Bonchev–Trinajstić information content (AvgIpc) is 3.48. The van der Waals surface area contributed by atoms with Crippen molar-refractivity contribution in [1.29, 1.82) is 0 Å². The monoisotopic (exact) mass is 485 g/mol. The first-order valence-corrected chi connectivity index (χ1v) is 12.2. The molecular weight excluding hydrogens is 466 g/mol. The van der Waals surface area contributed by atoms with Crippen molar-refractivity contribution in [2.24, 2.45) is 0 Å². The van der Waals surface area contributed by atoms with Crippen LogP contribution >= 0.6 is 34.4 Å². The van der Waals surface area contributed by atoms with E-state index in [-0.39, 0.29) is 30.0 Å². The average molecular weight is 486 g/mol. The maximum Gasteiger partial charge on any atom is 0.293 e. The molecule has 1 fully saturated rings. The van der Waals surface area contributed by atoms with Gasteiger partial charge in [-0.2, -0.15) is 0 Å². The molecule has 0 aliphatic carbocycles. The first-order valence-electron chi connectivity index (χ1n) is 9.65. The molecule has 0 spiro atoms. The van der Waals surface area contributed by atoms with Gasteiger partial charge in [0.15, 0.2) is 5.13 Å². The number of carbonyl (C=O) groups excluding carboxylic acids is 3. The van der Waals surface area contributed by atoms with Gasteiger partial charge in [-0.3, -0.25) is 19.3 Å². The summed E-state index contributed by atoms with van der Waals surface area (Å²) in [5, 5.41) is 4.79. The van der Waals surface area contributed by atoms with Crippen molar-refractivity contribution >= 4 is 62.7 Å². The molecule has 4 rings (SSSR count). The van der Waals surface area contributed by atoms with Gasteiger partial charge in [0, 0.05) is 28.3 Å². The smallest absolute Gasteiger partial charge is 0.293 e. The lowest BCUT2D eigenvalue weighted by Crippen LogP contribution is -2.31. The summed E-state index contributed by atoms with van der Waals surface area (Å²) in [7, 11) is 1.61. The Bertz CT molecular complexity index is 1180. The molecule has 1 N–H and O–H groups in total. The molecule has 0 bridgehead atoms. The molecule has 1 aliphatic heterocycles. The van der Waals surface area contributed by atoms with Crippen molar-refractivity contribution in [3.63, 3.8) is 0 Å². The van der Waals surface area contributed by atoms with Crippen LogP contribution in [0.4, 0.5) is 9.93 Å². The van der Waals surface area contributed by atoms with Gasteiger partial charge in [-0.15, -0.1) is 22.7 Å². The quantitative estimate of drug-likeness (QED) is 0.460. The standard InChI is InChI=1S/C22H19N3O4S3/c1-13-19(14-5-7-15(29-2)8-6-14)24-21(31-13)23-18(26)9-10-25-20(27)17(32-22(25)28)12-16-4-3-11-30-16/h3-8,11-12H,9-10H2,1-2H3,(H,23,24,26)/b17-12-. The van der Waals surface area contributed by atoms with E-state index in [1.54, 1.807) is 13.2 Å². The number of thiazole rings is 1. The van der Waals surface area contributed by atoms with Gasteiger partial charge in [0.2, 0.25) is 5.91 Å². The highest BCUT2D eigenvalue weighted by Gasteiger charge is 2.35. The van der Waals surface area contributed by atoms with Crippen molar-refractivity contribution in [3.05, 3.63) is 56.4 Å². The van der Waals surface area contributed by atoms with Crippen LogP contribution < -0.4 is 10.1 Å². The van der Waals surface area contributed by atoms with Gasteiger partial charge in [0.1, 0.15) is 5.75 Å². The number of thioether (sulfide) groups is 1. The van der Waals surface area contributed by atoms with Crippen LogP contribution in [0.5, 0.6) is 5.75 Å². The van der Waals surface area contributed by atoms with Crippen molar-refractivity contribution < 1.29 is 19.1 Å². The molecule has 10 heteroatoms. The minimum atomic E-state index is -0.368. The largest absolute Gasteiger partial charge is 0.497 e. The number of thiophene rings is 1. The van der Waals surface area contributed by atoms with Crippen LogP contribution in [0.3, 0.4) is 0 Å². The third-order valence-corrected chi connectivity index (χ3v) is 7.27. The molecule has 32 heavy (non-hydrogen) atoms. The number of aromatic nitrogens is 1. The first-order chi connectivity index (χ1) is 15.4. The maximum atomic E-state index is 12.5. The lowest BCUT2D eigenvalue weighted by atomic mass is 10.1. The SMILES string of the molecule is COc1ccc(-c2nc(NC(=O)CCN3C(=O)S/C(=C\c4cccs4)C3=O)sc2C)cc1. The van der Waals surface area contributed by atoms with E-state index in [1.165, 1.54) is 22.7 Å². The number of ether oxygens (including phenoxy) is 1. The number of hydrogen-bond acceptors (Lipinski definition) is 8. The normalized spacial score (nSPS) is 14.9. The minimum absolute atomic E-state index is 0.000812. The van der Waals surface area contributed by atoms with E-state index < -0.39 is 0 Å². The third kappa shape index (κ3) is 4.93. The molecule has 1 aliphatic rings. The van der Waals surface area contributed by atoms with Crippen LogP contribution in [0.1, 0.15) is 16.2 Å². The number of imide groups is 1. The van der Waals surface area contributed by atoms with Crippen LogP contribution in [0.25, 0.3) is 17.3 Å². The van der Waals surface area contributed by atoms with Crippen LogP contribution in [-0.4, -0.2) is 40.6 Å². The number of aryl methyl sites for hydroxylation is 1. The lowest BCUT2D eigenvalue weighted by Gasteiger charge is -2.11. The molecule has 3 aromatic rings. The van der Waals surface area contributed by atoms with E-state index in [9.17, 15) is 14.4 Å². The molecule has 0 atom stereocenters. The second-order valence-corrected chi connectivity index (χ2v) is 9.97. The number of amides is 3. The number of methoxy groups -OCH3 is 1. The summed E-state index contributed by atoms with van der Waals surface area (Å²) in [6.45, 7) is 1.96. The Morgan fingerprint density at radius 2 is 2.00 bits per heavy atom. The highest BCUT2D eigenvalue weighted by Crippen LogP contribution is 2.34. The molecule has 164 valence electrons. The van der Waals surface area contributed by atoms with Gasteiger partial charge >= 0.3 is 0 Å². The fraction of sp³-hybridized carbons (Fsp3) is 0.182. The van der Waals surface area contributed by atoms with Crippen LogP contribution in [-0.2, 0) is 9.59 Å². The van der Waals surface area contributed by atoms with Gasteiger partial charge in [0.05, 0.1) is 17.7 Å². The number of nitrogens with one attached hydrogen (secondary N) is 1.